The quantitative estimate of drug-likeness (QED) is 0.360. The summed E-state index contributed by atoms with van der Waals surface area (Å²) in [5.74, 6) is 1.16. The van der Waals surface area contributed by atoms with E-state index in [9.17, 15) is 4.79 Å². The summed E-state index contributed by atoms with van der Waals surface area (Å²) in [6, 6.07) is -0.0360. The van der Waals surface area contributed by atoms with Gasteiger partial charge in [0.05, 0.1) is 18.3 Å². The first-order valence-electron chi connectivity index (χ1n) is 10.9. The molecule has 1 saturated heterocycles. The summed E-state index contributed by atoms with van der Waals surface area (Å²) in [6.07, 6.45) is 3.66. The Kier molecular flexibility index (Phi) is 9.87. The summed E-state index contributed by atoms with van der Waals surface area (Å²) in [7, 11) is 0. The summed E-state index contributed by atoms with van der Waals surface area (Å²) in [4.78, 5) is 24.6. The van der Waals surface area contributed by atoms with Crippen molar-refractivity contribution in [3.8, 4) is 0 Å². The first-order chi connectivity index (χ1) is 14.0. The molecule has 29 heavy (non-hydrogen) atoms. The van der Waals surface area contributed by atoms with E-state index in [0.717, 1.165) is 29.8 Å². The number of guanidine groups is 1. The summed E-state index contributed by atoms with van der Waals surface area (Å²) in [6.45, 7) is 15.6. The zero-order chi connectivity index (χ0) is 21.2. The molecule has 2 rings (SSSR count). The van der Waals surface area contributed by atoms with E-state index in [1.807, 2.05) is 20.8 Å². The number of ether oxygens (including phenoxy) is 1. The van der Waals surface area contributed by atoms with Gasteiger partial charge in [0.25, 0.3) is 0 Å². The minimum atomic E-state index is -0.295. The Morgan fingerprint density at radius 2 is 2.07 bits per heavy atom. The summed E-state index contributed by atoms with van der Waals surface area (Å²) < 4.78 is 5.12. The van der Waals surface area contributed by atoms with Crippen LogP contribution >= 0.6 is 11.3 Å². The number of piperidine rings is 1. The number of carbonyl (C=O) groups excluding carboxylic acids is 1. The van der Waals surface area contributed by atoms with Crippen molar-refractivity contribution in [2.75, 3.05) is 39.3 Å². The maximum Gasteiger partial charge on any atom is 0.350 e. The molecular weight excluding hydrogens is 386 g/mol. The minimum Gasteiger partial charge on any atom is -0.462 e. The molecule has 0 saturated carbocycles. The molecule has 1 aliphatic heterocycles. The Morgan fingerprint density at radius 3 is 2.69 bits per heavy atom. The standard InChI is InChI=1S/C21H37N5O2S/c1-6-11-26-12-9-17(10-13-26)14-23-21(22-7-2)25-16(5)19-24-15(4)18(29-19)20(27)28-8-3/h16-17H,6-14H2,1-5H3,(H2,22,23,25). The van der Waals surface area contributed by atoms with E-state index in [2.05, 4.69) is 34.4 Å². The van der Waals surface area contributed by atoms with E-state index in [1.54, 1.807) is 0 Å². The smallest absolute Gasteiger partial charge is 0.350 e. The van der Waals surface area contributed by atoms with E-state index < -0.39 is 0 Å². The van der Waals surface area contributed by atoms with Crippen LogP contribution in [0, 0.1) is 12.8 Å². The monoisotopic (exact) mass is 423 g/mol. The molecule has 2 N–H and O–H groups in total. The number of likely N-dealkylation sites (tertiary alicyclic amines) is 1. The number of aliphatic imine (C=N–C) groups is 1. The van der Waals surface area contributed by atoms with Gasteiger partial charge in [0, 0.05) is 13.1 Å². The number of carbonyl (C=O) groups is 1. The van der Waals surface area contributed by atoms with Gasteiger partial charge in [-0.05, 0) is 72.5 Å². The van der Waals surface area contributed by atoms with Gasteiger partial charge in [0.15, 0.2) is 5.96 Å². The number of nitrogens with zero attached hydrogens (tertiary/aromatic N) is 3. The van der Waals surface area contributed by atoms with Gasteiger partial charge >= 0.3 is 5.97 Å². The number of hydrogen-bond donors (Lipinski definition) is 2. The van der Waals surface area contributed by atoms with Gasteiger partial charge < -0.3 is 20.3 Å². The van der Waals surface area contributed by atoms with Crippen molar-refractivity contribution >= 4 is 23.3 Å². The average molecular weight is 424 g/mol. The highest BCUT2D eigenvalue weighted by molar-refractivity contribution is 7.13. The molecular formula is C21H37N5O2S. The van der Waals surface area contributed by atoms with Crippen LogP contribution in [0.3, 0.4) is 0 Å². The Hall–Kier alpha value is -1.67. The van der Waals surface area contributed by atoms with Crippen LogP contribution in [-0.2, 0) is 4.74 Å². The highest BCUT2D eigenvalue weighted by Crippen LogP contribution is 2.24. The lowest BCUT2D eigenvalue weighted by atomic mass is 9.97. The molecule has 1 aromatic heterocycles. The fourth-order valence-corrected chi connectivity index (χ4v) is 4.47. The van der Waals surface area contributed by atoms with Crippen molar-refractivity contribution in [3.63, 3.8) is 0 Å². The number of rotatable bonds is 9. The number of hydrogen-bond acceptors (Lipinski definition) is 6. The normalized spacial score (nSPS) is 17.2. The molecule has 1 aliphatic rings. The predicted octanol–water partition coefficient (Wildman–Crippen LogP) is 3.37. The van der Waals surface area contributed by atoms with Gasteiger partial charge in [-0.2, -0.15) is 0 Å². The average Bonchev–Trinajstić information content (AvgIpc) is 3.10. The van der Waals surface area contributed by atoms with E-state index in [4.69, 9.17) is 9.73 Å². The van der Waals surface area contributed by atoms with Crippen molar-refractivity contribution < 1.29 is 9.53 Å². The molecule has 1 fully saturated rings. The highest BCUT2D eigenvalue weighted by Gasteiger charge is 2.21. The third-order valence-electron chi connectivity index (χ3n) is 5.10. The third kappa shape index (κ3) is 7.26. The third-order valence-corrected chi connectivity index (χ3v) is 6.42. The minimum absolute atomic E-state index is 0.0360. The van der Waals surface area contributed by atoms with Gasteiger partial charge in [0.2, 0.25) is 0 Å². The van der Waals surface area contributed by atoms with Gasteiger partial charge in [-0.25, -0.2) is 9.78 Å². The fraction of sp³-hybridized carbons (Fsp3) is 0.762. The van der Waals surface area contributed by atoms with Crippen molar-refractivity contribution in [2.45, 2.75) is 59.9 Å². The van der Waals surface area contributed by atoms with Crippen LogP contribution < -0.4 is 10.6 Å². The molecule has 8 heteroatoms. The second-order valence-corrected chi connectivity index (χ2v) is 8.59. The van der Waals surface area contributed by atoms with Gasteiger partial charge in [-0.3, -0.25) is 4.99 Å². The van der Waals surface area contributed by atoms with Gasteiger partial charge in [-0.1, -0.05) is 6.92 Å². The molecule has 0 aliphatic carbocycles. The Labute approximate surface area is 179 Å². The SMILES string of the molecule is CCCN1CCC(CN=C(NCC)NC(C)c2nc(C)c(C(=O)OCC)s2)CC1. The fourth-order valence-electron chi connectivity index (χ4n) is 3.50. The predicted molar refractivity (Wildman–Crippen MR) is 120 cm³/mol. The van der Waals surface area contributed by atoms with Crippen LogP contribution in [0.25, 0.3) is 0 Å². The van der Waals surface area contributed by atoms with Crippen molar-refractivity contribution in [3.05, 3.63) is 15.6 Å². The summed E-state index contributed by atoms with van der Waals surface area (Å²) in [5.41, 5.74) is 0.720. The van der Waals surface area contributed by atoms with E-state index in [-0.39, 0.29) is 12.0 Å². The second-order valence-electron chi connectivity index (χ2n) is 7.56. The Morgan fingerprint density at radius 1 is 1.34 bits per heavy atom. The molecule has 2 heterocycles. The number of thiazole rings is 1. The molecule has 0 aromatic carbocycles. The molecule has 164 valence electrons. The Bertz CT molecular complexity index is 668. The molecule has 0 amide bonds. The lowest BCUT2D eigenvalue weighted by Gasteiger charge is -2.31. The van der Waals surface area contributed by atoms with Gasteiger partial charge in [0.1, 0.15) is 9.88 Å². The molecule has 0 radical (unpaired) electrons. The lowest BCUT2D eigenvalue weighted by Crippen LogP contribution is -2.40. The molecule has 1 aromatic rings. The number of esters is 1. The molecule has 1 atom stereocenters. The van der Waals surface area contributed by atoms with Crippen molar-refractivity contribution in [1.82, 2.24) is 20.5 Å². The van der Waals surface area contributed by atoms with E-state index in [0.29, 0.717) is 17.4 Å². The first-order valence-corrected chi connectivity index (χ1v) is 11.7. The number of nitrogens with one attached hydrogen (secondary N) is 2. The Balaban J connectivity index is 1.94. The number of aryl methyl sites for hydroxylation is 1. The molecule has 0 bridgehead atoms. The van der Waals surface area contributed by atoms with Crippen molar-refractivity contribution in [1.29, 1.82) is 0 Å². The molecule has 0 spiro atoms. The maximum atomic E-state index is 12.1. The van der Waals surface area contributed by atoms with Crippen LogP contribution in [0.2, 0.25) is 0 Å². The van der Waals surface area contributed by atoms with Crippen LogP contribution in [0.5, 0.6) is 0 Å². The zero-order valence-corrected chi connectivity index (χ0v) is 19.4. The second kappa shape index (κ2) is 12.1. The largest absolute Gasteiger partial charge is 0.462 e. The van der Waals surface area contributed by atoms with Crippen molar-refractivity contribution in [2.24, 2.45) is 10.9 Å². The summed E-state index contributed by atoms with van der Waals surface area (Å²) >= 11 is 1.39. The van der Waals surface area contributed by atoms with Crippen LogP contribution in [-0.4, -0.2) is 61.1 Å². The maximum absolute atomic E-state index is 12.1. The first kappa shape index (κ1) is 23.6. The zero-order valence-electron chi connectivity index (χ0n) is 18.6. The van der Waals surface area contributed by atoms with Gasteiger partial charge in [-0.15, -0.1) is 11.3 Å². The molecule has 7 nitrogen and oxygen atoms in total. The van der Waals surface area contributed by atoms with E-state index >= 15 is 0 Å². The summed E-state index contributed by atoms with van der Waals surface area (Å²) in [5, 5.41) is 7.63. The highest BCUT2D eigenvalue weighted by atomic mass is 32.1. The lowest BCUT2D eigenvalue weighted by molar-refractivity contribution is 0.0531. The van der Waals surface area contributed by atoms with Crippen LogP contribution in [0.15, 0.2) is 4.99 Å². The molecule has 1 unspecified atom stereocenters. The van der Waals surface area contributed by atoms with Crippen LogP contribution in [0.4, 0.5) is 0 Å². The van der Waals surface area contributed by atoms with E-state index in [1.165, 1.54) is 50.2 Å². The number of aromatic nitrogens is 1. The topological polar surface area (TPSA) is 78.9 Å². The van der Waals surface area contributed by atoms with Crippen LogP contribution in [0.1, 0.15) is 73.4 Å².